The van der Waals surface area contributed by atoms with Gasteiger partial charge in [-0.05, 0) is 31.9 Å². The molecule has 1 atom stereocenters. The maximum Gasteiger partial charge on any atom is 0.340 e. The quantitative estimate of drug-likeness (QED) is 0.797. The topological polar surface area (TPSA) is 81.4 Å². The Morgan fingerprint density at radius 3 is 2.54 bits per heavy atom. The van der Waals surface area contributed by atoms with Crippen molar-refractivity contribution in [3.8, 4) is 0 Å². The molecule has 128 valence electrons. The lowest BCUT2D eigenvalue weighted by atomic mass is 10.2. The van der Waals surface area contributed by atoms with E-state index < -0.39 is 12.1 Å². The fraction of sp³-hybridized carbons (Fsp3) is 0.529. The van der Waals surface area contributed by atoms with Gasteiger partial charge >= 0.3 is 5.97 Å². The molecule has 0 unspecified atom stereocenters. The van der Waals surface area contributed by atoms with Gasteiger partial charge in [0.15, 0.2) is 6.10 Å². The SMILES string of the molecule is Cc1nnc([C@@H](C)OC(=O)c2ccc(N3CCCCCC3)nc2)o1. The molecule has 3 heterocycles. The zero-order valence-corrected chi connectivity index (χ0v) is 14.1. The maximum absolute atomic E-state index is 12.2. The zero-order valence-electron chi connectivity index (χ0n) is 14.1. The summed E-state index contributed by atoms with van der Waals surface area (Å²) in [6.45, 7) is 5.43. The van der Waals surface area contributed by atoms with Gasteiger partial charge in [0.25, 0.3) is 5.89 Å². The van der Waals surface area contributed by atoms with Gasteiger partial charge in [-0.25, -0.2) is 9.78 Å². The van der Waals surface area contributed by atoms with Gasteiger partial charge < -0.3 is 14.1 Å². The van der Waals surface area contributed by atoms with Crippen LogP contribution in [-0.2, 0) is 4.74 Å². The number of nitrogens with zero attached hydrogens (tertiary/aromatic N) is 4. The second-order valence-corrected chi connectivity index (χ2v) is 6.01. The minimum Gasteiger partial charge on any atom is -0.449 e. The first kappa shape index (κ1) is 16.4. The minimum atomic E-state index is -0.594. The van der Waals surface area contributed by atoms with Gasteiger partial charge in [-0.15, -0.1) is 10.2 Å². The first-order valence-electron chi connectivity index (χ1n) is 8.35. The van der Waals surface area contributed by atoms with Crippen molar-refractivity contribution >= 4 is 11.8 Å². The zero-order chi connectivity index (χ0) is 16.9. The average Bonchev–Trinajstić information content (AvgIpc) is 2.85. The molecular formula is C17H22N4O3. The second-order valence-electron chi connectivity index (χ2n) is 6.01. The summed E-state index contributed by atoms with van der Waals surface area (Å²) in [5, 5.41) is 7.59. The van der Waals surface area contributed by atoms with E-state index >= 15 is 0 Å². The first-order chi connectivity index (χ1) is 11.6. The first-order valence-corrected chi connectivity index (χ1v) is 8.35. The van der Waals surface area contributed by atoms with Crippen LogP contribution in [0, 0.1) is 6.92 Å². The van der Waals surface area contributed by atoms with E-state index in [0.717, 1.165) is 18.9 Å². The smallest absolute Gasteiger partial charge is 0.340 e. The molecule has 1 aliphatic heterocycles. The van der Waals surface area contributed by atoms with Gasteiger partial charge in [0.2, 0.25) is 5.89 Å². The maximum atomic E-state index is 12.2. The summed E-state index contributed by atoms with van der Waals surface area (Å²) in [6.07, 6.45) is 5.89. The third-order valence-electron chi connectivity index (χ3n) is 4.09. The number of pyridine rings is 1. The second kappa shape index (κ2) is 7.42. The number of ether oxygens (including phenoxy) is 1. The Morgan fingerprint density at radius 2 is 1.96 bits per heavy atom. The molecular weight excluding hydrogens is 308 g/mol. The molecule has 1 aliphatic rings. The number of anilines is 1. The van der Waals surface area contributed by atoms with E-state index in [4.69, 9.17) is 9.15 Å². The third kappa shape index (κ3) is 3.90. The van der Waals surface area contributed by atoms with E-state index in [2.05, 4.69) is 20.1 Å². The highest BCUT2D eigenvalue weighted by Crippen LogP contribution is 2.20. The molecule has 2 aromatic rings. The molecule has 0 spiro atoms. The number of carbonyl (C=O) groups excluding carboxylic acids is 1. The van der Waals surface area contributed by atoms with Gasteiger partial charge in [-0.1, -0.05) is 12.8 Å². The number of aryl methyl sites for hydroxylation is 1. The van der Waals surface area contributed by atoms with E-state index in [1.54, 1.807) is 26.1 Å². The van der Waals surface area contributed by atoms with Crippen LogP contribution in [0.5, 0.6) is 0 Å². The van der Waals surface area contributed by atoms with Crippen LogP contribution in [0.2, 0.25) is 0 Å². The number of rotatable bonds is 4. The van der Waals surface area contributed by atoms with Crippen LogP contribution in [0.15, 0.2) is 22.7 Å². The predicted molar refractivity (Wildman–Crippen MR) is 87.8 cm³/mol. The molecule has 3 rings (SSSR count). The van der Waals surface area contributed by atoms with Crippen LogP contribution < -0.4 is 4.90 Å². The number of carbonyl (C=O) groups is 1. The normalized spacial score (nSPS) is 16.5. The summed E-state index contributed by atoms with van der Waals surface area (Å²) >= 11 is 0. The lowest BCUT2D eigenvalue weighted by Crippen LogP contribution is -2.24. The minimum absolute atomic E-state index is 0.287. The third-order valence-corrected chi connectivity index (χ3v) is 4.09. The summed E-state index contributed by atoms with van der Waals surface area (Å²) in [5.74, 6) is 1.19. The standard InChI is InChI=1S/C17H22N4O3/c1-12(16-20-19-13(2)24-16)23-17(22)14-7-8-15(18-11-14)21-9-5-3-4-6-10-21/h7-8,11-12H,3-6,9-10H2,1-2H3/t12-/m1/s1. The van der Waals surface area contributed by atoms with Crippen LogP contribution in [0.4, 0.5) is 5.82 Å². The van der Waals surface area contributed by atoms with E-state index in [0.29, 0.717) is 11.5 Å². The largest absolute Gasteiger partial charge is 0.449 e. The lowest BCUT2D eigenvalue weighted by molar-refractivity contribution is 0.0276. The summed E-state index contributed by atoms with van der Waals surface area (Å²) in [4.78, 5) is 18.9. The molecule has 0 aliphatic carbocycles. The molecule has 7 heteroatoms. The Balaban J connectivity index is 1.63. The molecule has 0 saturated carbocycles. The van der Waals surface area contributed by atoms with Gasteiger partial charge in [0.1, 0.15) is 5.82 Å². The highest BCUT2D eigenvalue weighted by atomic mass is 16.6. The van der Waals surface area contributed by atoms with Crippen molar-refractivity contribution in [3.05, 3.63) is 35.7 Å². The summed E-state index contributed by atoms with van der Waals surface area (Å²) in [7, 11) is 0. The van der Waals surface area contributed by atoms with Gasteiger partial charge in [0, 0.05) is 26.2 Å². The van der Waals surface area contributed by atoms with Crippen molar-refractivity contribution in [2.24, 2.45) is 0 Å². The molecule has 0 aromatic carbocycles. The van der Waals surface area contributed by atoms with Crippen LogP contribution in [0.25, 0.3) is 0 Å². The Kier molecular flexibility index (Phi) is 5.08. The highest BCUT2D eigenvalue weighted by Gasteiger charge is 2.19. The van der Waals surface area contributed by atoms with Crippen LogP contribution in [-0.4, -0.2) is 34.2 Å². The van der Waals surface area contributed by atoms with Crippen LogP contribution in [0.1, 0.15) is 60.9 Å². The van der Waals surface area contributed by atoms with Crippen LogP contribution >= 0.6 is 0 Å². The number of hydrogen-bond acceptors (Lipinski definition) is 7. The van der Waals surface area contributed by atoms with Crippen molar-refractivity contribution < 1.29 is 13.9 Å². The summed E-state index contributed by atoms with van der Waals surface area (Å²) in [5.41, 5.74) is 0.414. The molecule has 1 saturated heterocycles. The van der Waals surface area contributed by atoms with E-state index in [-0.39, 0.29) is 5.89 Å². The molecule has 0 radical (unpaired) electrons. The van der Waals surface area contributed by atoms with Crippen molar-refractivity contribution in [1.29, 1.82) is 0 Å². The fourth-order valence-corrected chi connectivity index (χ4v) is 2.75. The fourth-order valence-electron chi connectivity index (χ4n) is 2.75. The van der Waals surface area contributed by atoms with Gasteiger partial charge in [0.05, 0.1) is 5.56 Å². The molecule has 0 N–H and O–H groups in total. The Hall–Kier alpha value is -2.44. The van der Waals surface area contributed by atoms with Crippen molar-refractivity contribution in [3.63, 3.8) is 0 Å². The highest BCUT2D eigenvalue weighted by molar-refractivity contribution is 5.89. The average molecular weight is 330 g/mol. The Bertz CT molecular complexity index is 675. The molecule has 2 aromatic heterocycles. The van der Waals surface area contributed by atoms with Crippen molar-refractivity contribution in [1.82, 2.24) is 15.2 Å². The Morgan fingerprint density at radius 1 is 1.21 bits per heavy atom. The summed E-state index contributed by atoms with van der Waals surface area (Å²) in [6, 6.07) is 3.63. The number of hydrogen-bond donors (Lipinski definition) is 0. The number of aromatic nitrogens is 3. The molecule has 1 fully saturated rings. The lowest BCUT2D eigenvalue weighted by Gasteiger charge is -2.21. The monoisotopic (exact) mass is 330 g/mol. The van der Waals surface area contributed by atoms with E-state index in [1.807, 2.05) is 6.07 Å². The number of esters is 1. The van der Waals surface area contributed by atoms with Crippen molar-refractivity contribution in [2.45, 2.75) is 45.6 Å². The van der Waals surface area contributed by atoms with Gasteiger partial charge in [-0.3, -0.25) is 0 Å². The molecule has 7 nitrogen and oxygen atoms in total. The Labute approximate surface area is 141 Å². The van der Waals surface area contributed by atoms with E-state index in [9.17, 15) is 4.79 Å². The van der Waals surface area contributed by atoms with Gasteiger partial charge in [-0.2, -0.15) is 0 Å². The molecule has 24 heavy (non-hydrogen) atoms. The van der Waals surface area contributed by atoms with Crippen LogP contribution in [0.3, 0.4) is 0 Å². The van der Waals surface area contributed by atoms with Crippen molar-refractivity contribution in [2.75, 3.05) is 18.0 Å². The predicted octanol–water partition coefficient (Wildman–Crippen LogP) is 3.07. The molecule has 0 bridgehead atoms. The van der Waals surface area contributed by atoms with E-state index in [1.165, 1.54) is 25.7 Å². The molecule has 0 amide bonds. The summed E-state index contributed by atoms with van der Waals surface area (Å²) < 4.78 is 10.6.